The van der Waals surface area contributed by atoms with Gasteiger partial charge in [-0.15, -0.1) is 0 Å². The molecular weight excluding hydrogens is 686 g/mol. The maximum absolute atomic E-state index is 13.3. The van der Waals surface area contributed by atoms with Crippen LogP contribution in [0.1, 0.15) is 104 Å². The Morgan fingerprint density at radius 1 is 0.792 bits per heavy atom. The first-order valence-electron chi connectivity index (χ1n) is 19.6. The highest BCUT2D eigenvalue weighted by atomic mass is 16.4. The second-order valence-corrected chi connectivity index (χ2v) is 17.1. The molecule has 53 heavy (non-hydrogen) atoms. The fraction of sp³-hybridized carbons (Fsp3) is 0.842. The summed E-state index contributed by atoms with van der Waals surface area (Å²) in [4.78, 5) is 73.4. The van der Waals surface area contributed by atoms with E-state index < -0.39 is 43.1 Å². The number of aliphatic carboxylic acids is 3. The standard InChI is InChI=1S/C38H63N5O10/c1-23(4-10-31(39)44)27-7-8-28-26-6-5-24-20-25(12-14-37(24,2)29(26)13-15-38(27,28)3)41-32(45)11-9-30(35(50)51)43(17-16-40-36(52)53)19-18-42(21-33(46)47)22-34(48)49/h23-30,40H,4-22H2,1-3H3,(H2,39,44)(H,41,45)(H,46,47)(H,48,49)(H,50,51)(H,52,53)/t23?,24-,25+,26?,27-,28?,29?,30+,37+,38-/m1/s1. The van der Waals surface area contributed by atoms with E-state index in [9.17, 15) is 44.1 Å². The molecule has 4 unspecified atom stereocenters. The highest BCUT2D eigenvalue weighted by Gasteiger charge is 2.60. The second-order valence-electron chi connectivity index (χ2n) is 17.1. The highest BCUT2D eigenvalue weighted by molar-refractivity contribution is 5.78. The van der Waals surface area contributed by atoms with Gasteiger partial charge in [0.15, 0.2) is 0 Å². The third-order valence-electron chi connectivity index (χ3n) is 14.1. The predicted molar refractivity (Wildman–Crippen MR) is 195 cm³/mol. The first-order chi connectivity index (χ1) is 24.9. The summed E-state index contributed by atoms with van der Waals surface area (Å²) < 4.78 is 0. The summed E-state index contributed by atoms with van der Waals surface area (Å²) in [5.41, 5.74) is 6.01. The van der Waals surface area contributed by atoms with Gasteiger partial charge in [-0.2, -0.15) is 0 Å². The number of carboxylic acids is 3. The average molecular weight is 750 g/mol. The van der Waals surface area contributed by atoms with Crippen LogP contribution in [0.2, 0.25) is 0 Å². The van der Waals surface area contributed by atoms with Crippen LogP contribution in [-0.2, 0) is 24.0 Å². The summed E-state index contributed by atoms with van der Waals surface area (Å²) in [5, 5.41) is 42.9. The largest absolute Gasteiger partial charge is 0.480 e. The van der Waals surface area contributed by atoms with Crippen molar-refractivity contribution in [2.24, 2.45) is 52.1 Å². The molecule has 0 bridgehead atoms. The zero-order valence-corrected chi connectivity index (χ0v) is 31.8. The number of rotatable bonds is 20. The topological polar surface area (TPSA) is 240 Å². The first-order valence-corrected chi connectivity index (χ1v) is 19.6. The van der Waals surface area contributed by atoms with Gasteiger partial charge in [0.25, 0.3) is 0 Å². The Kier molecular flexibility index (Phi) is 14.6. The van der Waals surface area contributed by atoms with Crippen molar-refractivity contribution >= 4 is 35.8 Å². The van der Waals surface area contributed by atoms with Gasteiger partial charge in [0.05, 0.1) is 13.1 Å². The number of nitrogens with zero attached hydrogens (tertiary/aromatic N) is 2. The fourth-order valence-corrected chi connectivity index (χ4v) is 11.6. The Hall–Kier alpha value is -3.46. The van der Waals surface area contributed by atoms with Crippen LogP contribution in [0.25, 0.3) is 0 Å². The molecule has 4 aliphatic carbocycles. The molecule has 10 atom stereocenters. The molecule has 0 spiro atoms. The van der Waals surface area contributed by atoms with E-state index in [1.54, 1.807) is 0 Å². The number of nitrogens with one attached hydrogen (secondary N) is 2. The van der Waals surface area contributed by atoms with Crippen LogP contribution in [0.15, 0.2) is 0 Å². The minimum absolute atomic E-state index is 0.00712. The summed E-state index contributed by atoms with van der Waals surface area (Å²) in [7, 11) is 0. The fourth-order valence-electron chi connectivity index (χ4n) is 11.6. The Labute approximate surface area is 312 Å². The predicted octanol–water partition coefficient (Wildman–Crippen LogP) is 3.31. The Balaban J connectivity index is 1.33. The van der Waals surface area contributed by atoms with Gasteiger partial charge in [0.2, 0.25) is 11.8 Å². The number of nitrogens with two attached hydrogens (primary N) is 1. The van der Waals surface area contributed by atoms with Crippen molar-refractivity contribution in [2.75, 3.05) is 39.3 Å². The third kappa shape index (κ3) is 10.6. The van der Waals surface area contributed by atoms with Crippen LogP contribution in [-0.4, -0.2) is 117 Å². The van der Waals surface area contributed by atoms with Crippen LogP contribution in [0.5, 0.6) is 0 Å². The maximum atomic E-state index is 13.3. The lowest BCUT2D eigenvalue weighted by atomic mass is 9.44. The van der Waals surface area contributed by atoms with Gasteiger partial charge in [0.1, 0.15) is 6.04 Å². The van der Waals surface area contributed by atoms with E-state index in [2.05, 4.69) is 31.4 Å². The number of carbonyl (C=O) groups excluding carboxylic acids is 2. The van der Waals surface area contributed by atoms with Crippen LogP contribution in [0.4, 0.5) is 4.79 Å². The molecule has 15 heteroatoms. The van der Waals surface area contributed by atoms with Crippen LogP contribution >= 0.6 is 0 Å². The molecule has 4 saturated carbocycles. The molecule has 0 heterocycles. The zero-order valence-electron chi connectivity index (χ0n) is 31.8. The van der Waals surface area contributed by atoms with E-state index in [0.29, 0.717) is 47.3 Å². The number of carboxylic acid groups (broad SMARTS) is 4. The number of hydrogen-bond acceptors (Lipinski definition) is 8. The van der Waals surface area contributed by atoms with Crippen LogP contribution < -0.4 is 16.4 Å². The van der Waals surface area contributed by atoms with Gasteiger partial charge in [-0.1, -0.05) is 20.8 Å². The van der Waals surface area contributed by atoms with Gasteiger partial charge in [0, 0.05) is 45.1 Å². The molecule has 15 nitrogen and oxygen atoms in total. The molecule has 3 amide bonds. The second kappa shape index (κ2) is 18.2. The number of fused-ring (bicyclic) bond motifs is 5. The lowest BCUT2D eigenvalue weighted by molar-refractivity contribution is -0.146. The third-order valence-corrected chi connectivity index (χ3v) is 14.1. The van der Waals surface area contributed by atoms with Gasteiger partial charge >= 0.3 is 24.0 Å². The van der Waals surface area contributed by atoms with Gasteiger partial charge < -0.3 is 36.8 Å². The van der Waals surface area contributed by atoms with Gasteiger partial charge in [-0.05, 0) is 117 Å². The van der Waals surface area contributed by atoms with Gasteiger partial charge in [-0.3, -0.25) is 33.8 Å². The minimum Gasteiger partial charge on any atom is -0.480 e. The summed E-state index contributed by atoms with van der Waals surface area (Å²) in [6.07, 6.45) is 10.0. The molecule has 0 aromatic carbocycles. The molecule has 4 fully saturated rings. The summed E-state index contributed by atoms with van der Waals surface area (Å²) >= 11 is 0. The van der Waals surface area contributed by atoms with Crippen molar-refractivity contribution in [1.29, 1.82) is 0 Å². The zero-order chi connectivity index (χ0) is 39.1. The quantitative estimate of drug-likeness (QED) is 0.0949. The molecule has 0 aliphatic heterocycles. The molecule has 0 aromatic rings. The molecule has 4 aliphatic rings. The number of carbonyl (C=O) groups is 6. The van der Waals surface area contributed by atoms with Crippen molar-refractivity contribution in [3.05, 3.63) is 0 Å². The Morgan fingerprint density at radius 2 is 1.45 bits per heavy atom. The Morgan fingerprint density at radius 3 is 2.08 bits per heavy atom. The average Bonchev–Trinajstić information content (AvgIpc) is 3.42. The molecule has 0 aromatic heterocycles. The van der Waals surface area contributed by atoms with Gasteiger partial charge in [-0.25, -0.2) is 4.79 Å². The first kappa shape index (κ1) is 42.3. The molecule has 8 N–H and O–H groups in total. The van der Waals surface area contributed by atoms with E-state index >= 15 is 0 Å². The summed E-state index contributed by atoms with van der Waals surface area (Å²) in [5.74, 6) is -0.446. The van der Waals surface area contributed by atoms with Crippen molar-refractivity contribution in [2.45, 2.75) is 116 Å². The summed E-state index contributed by atoms with van der Waals surface area (Å²) in [6.45, 7) is 5.93. The van der Waals surface area contributed by atoms with Crippen LogP contribution in [0.3, 0.4) is 0 Å². The minimum atomic E-state index is -1.29. The van der Waals surface area contributed by atoms with Crippen molar-refractivity contribution in [3.63, 3.8) is 0 Å². The van der Waals surface area contributed by atoms with Crippen molar-refractivity contribution in [3.8, 4) is 0 Å². The van der Waals surface area contributed by atoms with Crippen LogP contribution in [0, 0.1) is 46.3 Å². The molecule has 4 rings (SSSR count). The van der Waals surface area contributed by atoms with E-state index in [1.165, 1.54) is 37.0 Å². The van der Waals surface area contributed by atoms with E-state index in [-0.39, 0.29) is 62.3 Å². The SMILES string of the molecule is CC(CCC(N)=O)[C@H]1CCC2C3CC[C@@H]4C[C@@H](NC(=O)CC[C@@H](C(=O)O)N(CCNC(=O)O)CCN(CC(=O)O)CC(=O)O)CC[C@]4(C)C3CC[C@@]21C. The highest BCUT2D eigenvalue weighted by Crippen LogP contribution is 2.68. The van der Waals surface area contributed by atoms with E-state index in [4.69, 9.17) is 10.8 Å². The van der Waals surface area contributed by atoms with E-state index in [1.807, 2.05) is 0 Å². The number of hydrogen-bond donors (Lipinski definition) is 7. The molecule has 0 radical (unpaired) electrons. The number of primary amides is 1. The smallest absolute Gasteiger partial charge is 0.404 e. The molecular formula is C38H63N5O10. The number of amides is 3. The molecule has 0 saturated heterocycles. The van der Waals surface area contributed by atoms with E-state index in [0.717, 1.165) is 37.0 Å². The van der Waals surface area contributed by atoms with Crippen molar-refractivity contribution in [1.82, 2.24) is 20.4 Å². The Bertz CT molecular complexity index is 1330. The monoisotopic (exact) mass is 749 g/mol. The van der Waals surface area contributed by atoms with Crippen molar-refractivity contribution < 1.29 is 49.2 Å². The lowest BCUT2D eigenvalue weighted by Gasteiger charge is -2.61. The molecule has 300 valence electrons. The maximum Gasteiger partial charge on any atom is 0.404 e. The summed E-state index contributed by atoms with van der Waals surface area (Å²) in [6, 6.07) is -1.16. The normalized spacial score (nSPS) is 31.8. The lowest BCUT2D eigenvalue weighted by Crippen LogP contribution is -2.55.